The first-order valence-electron chi connectivity index (χ1n) is 11.0. The van der Waals surface area contributed by atoms with Crippen molar-refractivity contribution in [3.63, 3.8) is 0 Å². The van der Waals surface area contributed by atoms with Crippen LogP contribution < -0.4 is 5.32 Å². The smallest absolute Gasteiger partial charge is 0.269 e. The van der Waals surface area contributed by atoms with Crippen molar-refractivity contribution >= 4 is 27.7 Å². The average molecular weight is 472 g/mol. The van der Waals surface area contributed by atoms with Gasteiger partial charge in [-0.05, 0) is 44.4 Å². The number of benzene rings is 2. The molecule has 3 rings (SSSR count). The fourth-order valence-corrected chi connectivity index (χ4v) is 5.47. The number of amides is 3. The van der Waals surface area contributed by atoms with Crippen LogP contribution in [-0.2, 0) is 26.0 Å². The summed E-state index contributed by atoms with van der Waals surface area (Å²) in [7, 11) is -3.90. The topological polar surface area (TPSA) is 104 Å². The highest BCUT2D eigenvalue weighted by Gasteiger charge is 2.40. The van der Waals surface area contributed by atoms with Crippen LogP contribution in [0.15, 0.2) is 59.5 Å². The Kier molecular flexibility index (Phi) is 7.86. The van der Waals surface area contributed by atoms with Gasteiger partial charge in [0, 0.05) is 26.1 Å². The van der Waals surface area contributed by atoms with E-state index in [1.165, 1.54) is 17.0 Å². The highest BCUT2D eigenvalue weighted by atomic mass is 32.2. The van der Waals surface area contributed by atoms with Crippen molar-refractivity contribution in [2.75, 3.05) is 19.6 Å². The Balaban J connectivity index is 1.65. The summed E-state index contributed by atoms with van der Waals surface area (Å²) in [5, 5.41) is 2.74. The van der Waals surface area contributed by atoms with Gasteiger partial charge >= 0.3 is 0 Å². The normalized spacial score (nSPS) is 15.1. The second-order valence-corrected chi connectivity index (χ2v) is 9.71. The molecular weight excluding hydrogens is 442 g/mol. The Morgan fingerprint density at radius 2 is 1.73 bits per heavy atom. The van der Waals surface area contributed by atoms with Crippen LogP contribution in [0.4, 0.5) is 0 Å². The molecule has 1 aliphatic heterocycles. The summed E-state index contributed by atoms with van der Waals surface area (Å²) < 4.78 is 26.2. The second-order valence-electron chi connectivity index (χ2n) is 7.88. The van der Waals surface area contributed by atoms with E-state index in [-0.39, 0.29) is 41.7 Å². The first-order chi connectivity index (χ1) is 15.8. The predicted octanol–water partition coefficient (Wildman–Crippen LogP) is 2.21. The van der Waals surface area contributed by atoms with Gasteiger partial charge in [-0.25, -0.2) is 12.7 Å². The lowest BCUT2D eigenvalue weighted by molar-refractivity contribution is -0.140. The standard InChI is InChI=1S/C24H29N3O5S/c1-3-25-23(29)18(2)26(17-15-19-10-5-4-6-11-19)22(28)14-9-16-27-24(30)20-12-7-8-13-21(20)33(27,31)32/h4-8,10-13,18H,3,9,14-17H2,1-2H3,(H,25,29). The zero-order valence-corrected chi connectivity index (χ0v) is 19.7. The van der Waals surface area contributed by atoms with Gasteiger partial charge in [-0.15, -0.1) is 0 Å². The Morgan fingerprint density at radius 3 is 2.39 bits per heavy atom. The molecule has 1 atom stereocenters. The van der Waals surface area contributed by atoms with Gasteiger partial charge in [-0.1, -0.05) is 42.5 Å². The molecule has 2 aromatic carbocycles. The van der Waals surface area contributed by atoms with E-state index in [0.29, 0.717) is 19.5 Å². The summed E-state index contributed by atoms with van der Waals surface area (Å²) in [6, 6.07) is 15.1. The van der Waals surface area contributed by atoms with Gasteiger partial charge in [-0.2, -0.15) is 0 Å². The number of nitrogens with zero attached hydrogens (tertiary/aromatic N) is 2. The maximum atomic E-state index is 13.0. The highest BCUT2D eigenvalue weighted by molar-refractivity contribution is 7.90. The van der Waals surface area contributed by atoms with Crippen molar-refractivity contribution in [2.24, 2.45) is 0 Å². The van der Waals surface area contributed by atoms with E-state index in [2.05, 4.69) is 5.32 Å². The summed E-state index contributed by atoms with van der Waals surface area (Å²) >= 11 is 0. The first kappa shape index (κ1) is 24.4. The summed E-state index contributed by atoms with van der Waals surface area (Å²) in [5.74, 6) is -1.08. The van der Waals surface area contributed by atoms with Crippen LogP contribution in [0, 0.1) is 0 Å². The third-order valence-corrected chi connectivity index (χ3v) is 7.51. The summed E-state index contributed by atoms with van der Waals surface area (Å²) in [6.07, 6.45) is 0.778. The Hall–Kier alpha value is -3.20. The zero-order valence-electron chi connectivity index (χ0n) is 18.9. The van der Waals surface area contributed by atoms with Crippen molar-refractivity contribution in [2.45, 2.75) is 44.0 Å². The zero-order chi connectivity index (χ0) is 24.0. The number of sulfonamides is 1. The van der Waals surface area contributed by atoms with Crippen LogP contribution in [0.1, 0.15) is 42.6 Å². The van der Waals surface area contributed by atoms with E-state index >= 15 is 0 Å². The number of carbonyl (C=O) groups excluding carboxylic acids is 3. The minimum Gasteiger partial charge on any atom is -0.355 e. The molecule has 0 spiro atoms. The van der Waals surface area contributed by atoms with Crippen molar-refractivity contribution in [3.8, 4) is 0 Å². The largest absolute Gasteiger partial charge is 0.355 e. The molecule has 3 amide bonds. The molecule has 8 nitrogen and oxygen atoms in total. The molecule has 1 aliphatic rings. The minimum absolute atomic E-state index is 0.00401. The molecule has 0 radical (unpaired) electrons. The molecule has 1 N–H and O–H groups in total. The van der Waals surface area contributed by atoms with Gasteiger partial charge in [0.15, 0.2) is 0 Å². The molecule has 2 aromatic rings. The van der Waals surface area contributed by atoms with Gasteiger partial charge in [0.1, 0.15) is 10.9 Å². The van der Waals surface area contributed by atoms with Crippen LogP contribution in [-0.4, -0.2) is 61.0 Å². The maximum absolute atomic E-state index is 13.0. The fourth-order valence-electron chi connectivity index (χ4n) is 3.86. The average Bonchev–Trinajstić information content (AvgIpc) is 3.00. The van der Waals surface area contributed by atoms with E-state index in [1.54, 1.807) is 19.1 Å². The fraction of sp³-hybridized carbons (Fsp3) is 0.375. The molecule has 176 valence electrons. The summed E-state index contributed by atoms with van der Waals surface area (Å²) in [4.78, 5) is 39.5. The van der Waals surface area contributed by atoms with Crippen LogP contribution in [0.2, 0.25) is 0 Å². The van der Waals surface area contributed by atoms with Crippen molar-refractivity contribution in [3.05, 3.63) is 65.7 Å². The Bertz CT molecular complexity index is 1120. The van der Waals surface area contributed by atoms with E-state index < -0.39 is 22.0 Å². The second kappa shape index (κ2) is 10.6. The molecule has 0 aliphatic carbocycles. The van der Waals surface area contributed by atoms with Gasteiger partial charge in [-0.3, -0.25) is 14.4 Å². The molecule has 0 fully saturated rings. The molecule has 0 bridgehead atoms. The van der Waals surface area contributed by atoms with Gasteiger partial charge in [0.2, 0.25) is 11.8 Å². The highest BCUT2D eigenvalue weighted by Crippen LogP contribution is 2.30. The molecule has 0 aromatic heterocycles. The van der Waals surface area contributed by atoms with Gasteiger partial charge < -0.3 is 10.2 Å². The third-order valence-electron chi connectivity index (χ3n) is 5.67. The number of carbonyl (C=O) groups is 3. The lowest BCUT2D eigenvalue weighted by atomic mass is 10.1. The SMILES string of the molecule is CCNC(=O)C(C)N(CCc1ccccc1)C(=O)CCCN1C(=O)c2ccccc2S1(=O)=O. The molecule has 33 heavy (non-hydrogen) atoms. The Labute approximate surface area is 194 Å². The lowest BCUT2D eigenvalue weighted by Gasteiger charge is -2.29. The monoisotopic (exact) mass is 471 g/mol. The molecular formula is C24H29N3O5S. The van der Waals surface area contributed by atoms with Crippen LogP contribution in [0.3, 0.4) is 0 Å². The molecule has 1 heterocycles. The summed E-state index contributed by atoms with van der Waals surface area (Å²) in [6.45, 7) is 4.21. The van der Waals surface area contributed by atoms with E-state index in [0.717, 1.165) is 9.87 Å². The summed E-state index contributed by atoms with van der Waals surface area (Å²) in [5.41, 5.74) is 1.20. The third kappa shape index (κ3) is 5.42. The Morgan fingerprint density at radius 1 is 1.06 bits per heavy atom. The molecule has 1 unspecified atom stereocenters. The van der Waals surface area contributed by atoms with Gasteiger partial charge in [0.25, 0.3) is 15.9 Å². The predicted molar refractivity (Wildman–Crippen MR) is 124 cm³/mol. The lowest BCUT2D eigenvalue weighted by Crippen LogP contribution is -2.48. The number of likely N-dealkylation sites (N-methyl/N-ethyl adjacent to an activating group) is 1. The van der Waals surface area contributed by atoms with E-state index in [4.69, 9.17) is 0 Å². The molecule has 0 saturated carbocycles. The van der Waals surface area contributed by atoms with Crippen LogP contribution >= 0.6 is 0 Å². The molecule has 9 heteroatoms. The first-order valence-corrected chi connectivity index (χ1v) is 12.5. The quantitative estimate of drug-likeness (QED) is 0.572. The number of nitrogens with one attached hydrogen (secondary N) is 1. The van der Waals surface area contributed by atoms with E-state index in [1.807, 2.05) is 37.3 Å². The van der Waals surface area contributed by atoms with Gasteiger partial charge in [0.05, 0.1) is 5.56 Å². The van der Waals surface area contributed by atoms with Crippen molar-refractivity contribution in [1.29, 1.82) is 0 Å². The van der Waals surface area contributed by atoms with Crippen molar-refractivity contribution < 1.29 is 22.8 Å². The van der Waals surface area contributed by atoms with Crippen LogP contribution in [0.5, 0.6) is 0 Å². The van der Waals surface area contributed by atoms with Crippen LogP contribution in [0.25, 0.3) is 0 Å². The number of fused-ring (bicyclic) bond motifs is 1. The maximum Gasteiger partial charge on any atom is 0.269 e. The number of hydrogen-bond acceptors (Lipinski definition) is 5. The minimum atomic E-state index is -3.90. The van der Waals surface area contributed by atoms with Crippen molar-refractivity contribution in [1.82, 2.24) is 14.5 Å². The number of rotatable bonds is 10. The number of hydrogen-bond donors (Lipinski definition) is 1. The molecule has 0 saturated heterocycles. The van der Waals surface area contributed by atoms with E-state index in [9.17, 15) is 22.8 Å².